The Morgan fingerprint density at radius 2 is 1.84 bits per heavy atom. The molecule has 206 valence electrons. The second-order valence-corrected chi connectivity index (χ2v) is 10.3. The molecule has 1 aromatic heterocycles. The van der Waals surface area contributed by atoms with Crippen LogP contribution in [0.2, 0.25) is 0 Å². The maximum Gasteiger partial charge on any atom is 0.0435 e. The van der Waals surface area contributed by atoms with E-state index in [1.807, 2.05) is 32.4 Å². The molecule has 0 unspecified atom stereocenters. The minimum Gasteiger partial charge on any atom is -0.388 e. The summed E-state index contributed by atoms with van der Waals surface area (Å²) in [7, 11) is 3.95. The zero-order valence-electron chi connectivity index (χ0n) is 24.1. The van der Waals surface area contributed by atoms with Gasteiger partial charge in [-0.15, -0.1) is 6.58 Å². The van der Waals surface area contributed by atoms with Gasteiger partial charge in [-0.25, -0.2) is 0 Å². The second kappa shape index (κ2) is 18.9. The summed E-state index contributed by atoms with van der Waals surface area (Å²) in [5, 5.41) is 9.70. The fourth-order valence-corrected chi connectivity index (χ4v) is 4.80. The lowest BCUT2D eigenvalue weighted by molar-refractivity contribution is 0.251. The van der Waals surface area contributed by atoms with Crippen molar-refractivity contribution < 1.29 is 0 Å². The number of nitrogens with one attached hydrogen (secondary N) is 3. The third kappa shape index (κ3) is 12.3. The van der Waals surface area contributed by atoms with Crippen molar-refractivity contribution in [2.75, 3.05) is 46.8 Å². The third-order valence-corrected chi connectivity index (χ3v) is 7.13. The van der Waals surface area contributed by atoms with Gasteiger partial charge in [0.1, 0.15) is 0 Å². The van der Waals surface area contributed by atoms with Gasteiger partial charge < -0.3 is 16.0 Å². The summed E-state index contributed by atoms with van der Waals surface area (Å²) in [4.78, 5) is 6.77. The molecule has 0 radical (unpaired) electrons. The summed E-state index contributed by atoms with van der Waals surface area (Å²) in [6.07, 6.45) is 22.1. The van der Waals surface area contributed by atoms with Crippen LogP contribution in [0, 0.1) is 0 Å². The van der Waals surface area contributed by atoms with Crippen molar-refractivity contribution in [1.82, 2.24) is 25.8 Å². The quantitative estimate of drug-likeness (QED) is 0.465. The maximum atomic E-state index is 4.32. The first kappa shape index (κ1) is 31.0. The molecule has 0 bridgehead atoms. The van der Waals surface area contributed by atoms with Crippen molar-refractivity contribution in [2.24, 2.45) is 0 Å². The van der Waals surface area contributed by atoms with E-state index in [0.29, 0.717) is 6.04 Å². The number of aromatic nitrogens is 1. The number of likely N-dealkylation sites (N-methyl/N-ethyl adjacent to an activating group) is 1. The Hall–Kier alpha value is -2.21. The highest BCUT2D eigenvalue weighted by atomic mass is 15.1. The number of likely N-dealkylation sites (tertiary alicyclic amines) is 1. The molecule has 0 aromatic carbocycles. The maximum absolute atomic E-state index is 4.32. The number of rotatable bonds is 4. The fourth-order valence-electron chi connectivity index (χ4n) is 4.80. The Kier molecular flexibility index (Phi) is 15.9. The molecular weight excluding hydrogens is 454 g/mol. The molecule has 0 atom stereocenters. The molecule has 2 aliphatic carbocycles. The van der Waals surface area contributed by atoms with Crippen LogP contribution in [0.5, 0.6) is 0 Å². The van der Waals surface area contributed by atoms with Gasteiger partial charge in [0, 0.05) is 43.8 Å². The van der Waals surface area contributed by atoms with Gasteiger partial charge in [-0.05, 0) is 101 Å². The summed E-state index contributed by atoms with van der Waals surface area (Å²) < 4.78 is 0. The van der Waals surface area contributed by atoms with Crippen molar-refractivity contribution in [2.45, 2.75) is 77.7 Å². The average Bonchev–Trinajstić information content (AvgIpc) is 3.17. The highest BCUT2D eigenvalue weighted by molar-refractivity contribution is 5.43. The number of pyridine rings is 1. The highest BCUT2D eigenvalue weighted by Crippen LogP contribution is 2.23. The molecule has 1 saturated heterocycles. The van der Waals surface area contributed by atoms with Crippen molar-refractivity contribution >= 4 is 0 Å². The van der Waals surface area contributed by atoms with E-state index in [1.165, 1.54) is 86.1 Å². The topological polar surface area (TPSA) is 52.2 Å². The van der Waals surface area contributed by atoms with Gasteiger partial charge in [-0.3, -0.25) is 9.88 Å². The van der Waals surface area contributed by atoms with Gasteiger partial charge in [0.15, 0.2) is 0 Å². The number of piperidine rings is 1. The van der Waals surface area contributed by atoms with Crippen LogP contribution in [0.4, 0.5) is 0 Å². The molecule has 3 N–H and O–H groups in total. The molecule has 5 rings (SSSR count). The minimum absolute atomic E-state index is 0.634. The zero-order chi connectivity index (χ0) is 26.7. The standard InChI is InChI=1S/C11H16N2.C9H11N.C8H15N.C4H11N/c1-12-11-5-3-2-4-9-8-13-7-6-10(9)11;1-2-6-9-8(4-1)5-3-7-10-9;1-2-6-9-7-4-3-5-8-9;1-4(2)5-3/h2,4-5,12-13H,3,6-8H2,1H3;3,5,7H,1-2,4,6H2;2H,1,3-8H2;4-5H,1-3H3. The molecule has 5 nitrogen and oxygen atoms in total. The Bertz CT molecular complexity index is 837. The summed E-state index contributed by atoms with van der Waals surface area (Å²) in [5.74, 6) is 0. The Balaban J connectivity index is 0.000000182. The van der Waals surface area contributed by atoms with Crippen LogP contribution in [0.1, 0.15) is 70.1 Å². The van der Waals surface area contributed by atoms with Crippen LogP contribution in [-0.4, -0.2) is 62.7 Å². The van der Waals surface area contributed by atoms with Gasteiger partial charge in [0.05, 0.1) is 0 Å². The average molecular weight is 508 g/mol. The zero-order valence-corrected chi connectivity index (χ0v) is 24.1. The third-order valence-electron chi connectivity index (χ3n) is 7.13. The van der Waals surface area contributed by atoms with E-state index in [2.05, 4.69) is 70.6 Å². The van der Waals surface area contributed by atoms with E-state index >= 15 is 0 Å². The fraction of sp³-hybridized carbons (Fsp3) is 0.594. The van der Waals surface area contributed by atoms with E-state index in [1.54, 1.807) is 0 Å². The Morgan fingerprint density at radius 1 is 1.08 bits per heavy atom. The molecule has 37 heavy (non-hydrogen) atoms. The minimum atomic E-state index is 0.634. The molecule has 1 fully saturated rings. The van der Waals surface area contributed by atoms with Crippen LogP contribution in [0.25, 0.3) is 0 Å². The van der Waals surface area contributed by atoms with E-state index in [-0.39, 0.29) is 0 Å². The van der Waals surface area contributed by atoms with Crippen molar-refractivity contribution in [1.29, 1.82) is 0 Å². The smallest absolute Gasteiger partial charge is 0.0435 e. The first-order valence-corrected chi connectivity index (χ1v) is 14.5. The predicted octanol–water partition coefficient (Wildman–Crippen LogP) is 5.57. The lowest BCUT2D eigenvalue weighted by Gasteiger charge is -2.24. The van der Waals surface area contributed by atoms with Crippen LogP contribution in [0.15, 0.2) is 66.1 Å². The largest absolute Gasteiger partial charge is 0.388 e. The molecule has 1 aromatic rings. The SMILES string of the molecule is C=CCN1CCCCC1.CNC(C)C.CNC1=CCC=CC2=C1CCNC2.c1cnc2c(c1)CCCC2. The molecule has 0 saturated carbocycles. The highest BCUT2D eigenvalue weighted by Gasteiger charge is 2.14. The van der Waals surface area contributed by atoms with Crippen LogP contribution in [0.3, 0.4) is 0 Å². The molecule has 0 amide bonds. The van der Waals surface area contributed by atoms with Crippen molar-refractivity contribution in [3.8, 4) is 0 Å². The number of aryl methyl sites for hydroxylation is 2. The van der Waals surface area contributed by atoms with Crippen LogP contribution < -0.4 is 16.0 Å². The van der Waals surface area contributed by atoms with Gasteiger partial charge in [0.2, 0.25) is 0 Å². The predicted molar refractivity (Wildman–Crippen MR) is 161 cm³/mol. The first-order chi connectivity index (χ1) is 18.1. The molecular formula is C32H53N5. The summed E-state index contributed by atoms with van der Waals surface area (Å²) in [6.45, 7) is 13.7. The molecule has 4 aliphatic rings. The summed E-state index contributed by atoms with van der Waals surface area (Å²) in [6, 6.07) is 4.86. The van der Waals surface area contributed by atoms with Gasteiger partial charge >= 0.3 is 0 Å². The van der Waals surface area contributed by atoms with Crippen molar-refractivity contribution in [3.05, 3.63) is 77.3 Å². The van der Waals surface area contributed by atoms with E-state index in [4.69, 9.17) is 0 Å². The number of hydrogen-bond donors (Lipinski definition) is 3. The molecule has 3 heterocycles. The van der Waals surface area contributed by atoms with Gasteiger partial charge in [0.25, 0.3) is 0 Å². The number of fused-ring (bicyclic) bond motifs is 1. The van der Waals surface area contributed by atoms with Gasteiger partial charge in [-0.2, -0.15) is 0 Å². The van der Waals surface area contributed by atoms with Crippen LogP contribution in [-0.2, 0) is 12.8 Å². The van der Waals surface area contributed by atoms with Gasteiger partial charge in [-0.1, -0.05) is 50.6 Å². The molecule has 5 heteroatoms. The normalized spacial score (nSPS) is 18.8. The number of allylic oxidation sites excluding steroid dienone is 3. The molecule has 2 aliphatic heterocycles. The molecule has 0 spiro atoms. The number of nitrogens with zero attached hydrogens (tertiary/aromatic N) is 2. The van der Waals surface area contributed by atoms with E-state index < -0.39 is 0 Å². The first-order valence-electron chi connectivity index (χ1n) is 14.5. The van der Waals surface area contributed by atoms with Crippen molar-refractivity contribution in [3.63, 3.8) is 0 Å². The van der Waals surface area contributed by atoms with E-state index in [0.717, 1.165) is 32.5 Å². The summed E-state index contributed by atoms with van der Waals surface area (Å²) in [5.41, 5.74) is 7.06. The lowest BCUT2D eigenvalue weighted by Crippen LogP contribution is -2.29. The lowest BCUT2D eigenvalue weighted by atomic mass is 9.96. The number of hydrogen-bond acceptors (Lipinski definition) is 5. The summed E-state index contributed by atoms with van der Waals surface area (Å²) >= 11 is 0. The van der Waals surface area contributed by atoms with Crippen LogP contribution >= 0.6 is 0 Å². The Labute approximate surface area is 227 Å². The Morgan fingerprint density at radius 3 is 2.51 bits per heavy atom. The monoisotopic (exact) mass is 507 g/mol. The second-order valence-electron chi connectivity index (χ2n) is 10.3. The van der Waals surface area contributed by atoms with E-state index in [9.17, 15) is 0 Å².